The lowest BCUT2D eigenvalue weighted by Gasteiger charge is -2.19. The van der Waals surface area contributed by atoms with Gasteiger partial charge in [0.2, 0.25) is 0 Å². The number of pyridine rings is 1. The summed E-state index contributed by atoms with van der Waals surface area (Å²) in [5.41, 5.74) is 1.37. The van der Waals surface area contributed by atoms with Crippen LogP contribution in [0.5, 0.6) is 11.5 Å². The molecular formula is C36H35N3O7. The number of phenolic OH excluding ortho intramolecular Hbond substituents is 1. The summed E-state index contributed by atoms with van der Waals surface area (Å²) in [5, 5.41) is 47.0. The van der Waals surface area contributed by atoms with Crippen LogP contribution < -0.4 is 5.32 Å². The second-order valence-corrected chi connectivity index (χ2v) is 11.2. The summed E-state index contributed by atoms with van der Waals surface area (Å²) in [4.78, 5) is 42.7. The molecule has 1 aromatic heterocycles. The molecule has 0 aliphatic rings. The largest absolute Gasteiger partial charge is 0.507 e. The van der Waals surface area contributed by atoms with E-state index in [0.29, 0.717) is 58.7 Å². The van der Waals surface area contributed by atoms with Crippen molar-refractivity contribution in [3.8, 4) is 11.5 Å². The number of aromatic hydroxyl groups is 2. The lowest BCUT2D eigenvalue weighted by molar-refractivity contribution is -0.138. The van der Waals surface area contributed by atoms with Crippen molar-refractivity contribution in [2.75, 3.05) is 19.6 Å². The van der Waals surface area contributed by atoms with E-state index in [1.54, 1.807) is 36.5 Å². The van der Waals surface area contributed by atoms with E-state index in [0.717, 1.165) is 18.5 Å². The summed E-state index contributed by atoms with van der Waals surface area (Å²) in [6.45, 7) is 1.26. The predicted octanol–water partition coefficient (Wildman–Crippen LogP) is 5.58. The number of unbranched alkanes of at least 4 members (excludes halogenated alkanes) is 2. The molecule has 0 aliphatic heterocycles. The van der Waals surface area contributed by atoms with Gasteiger partial charge in [0, 0.05) is 36.8 Å². The van der Waals surface area contributed by atoms with Gasteiger partial charge in [0.25, 0.3) is 5.91 Å². The van der Waals surface area contributed by atoms with Crippen LogP contribution in [0.2, 0.25) is 0 Å². The van der Waals surface area contributed by atoms with E-state index >= 15 is 0 Å². The summed E-state index contributed by atoms with van der Waals surface area (Å²) < 4.78 is 0. The number of hydrogen-bond acceptors (Lipinski definition) is 7. The van der Waals surface area contributed by atoms with E-state index < -0.39 is 17.8 Å². The van der Waals surface area contributed by atoms with Gasteiger partial charge in [0.15, 0.2) is 0 Å². The van der Waals surface area contributed by atoms with Crippen LogP contribution in [-0.4, -0.2) is 67.8 Å². The quantitative estimate of drug-likeness (QED) is 0.0998. The molecule has 0 unspecified atom stereocenters. The van der Waals surface area contributed by atoms with Crippen LogP contribution in [-0.2, 0) is 17.8 Å². The fraction of sp³-hybridized carbons (Fsp3) is 0.222. The number of aromatic nitrogens is 1. The molecule has 46 heavy (non-hydrogen) atoms. The van der Waals surface area contributed by atoms with Crippen LogP contribution in [0.15, 0.2) is 85.1 Å². The van der Waals surface area contributed by atoms with Gasteiger partial charge in [-0.2, -0.15) is 0 Å². The Kier molecular flexibility index (Phi) is 10.1. The van der Waals surface area contributed by atoms with E-state index in [-0.39, 0.29) is 35.6 Å². The molecule has 0 atom stereocenters. The molecule has 5 aromatic rings. The molecule has 5 rings (SSSR count). The number of nitrogens with zero attached hydrogens (tertiary/aromatic N) is 2. The molecule has 4 aromatic carbocycles. The number of phenols is 2. The standard InChI is InChI=1S/C36H35N3O7/c40-32(41)22-39(21-25-12-6-8-15-37-25)17-9-1-7-16-38-35(44)30-18-23-10-2-4-13-26(23)28(33(30)42)20-29-27-14-5-3-11-24(27)19-31(34(29)43)36(45)46/h2-6,8,10-15,18-19,42-43H,1,7,9,16-17,20-22H2,(H,38,44)(H,40,41)(H,45,46). The number of fused-ring (bicyclic) bond motifs is 2. The van der Waals surface area contributed by atoms with Gasteiger partial charge in [-0.25, -0.2) is 4.79 Å². The van der Waals surface area contributed by atoms with Crippen LogP contribution in [0.4, 0.5) is 0 Å². The zero-order valence-electron chi connectivity index (χ0n) is 25.1. The number of rotatable bonds is 14. The van der Waals surface area contributed by atoms with E-state index in [1.807, 2.05) is 47.4 Å². The summed E-state index contributed by atoms with van der Waals surface area (Å²) >= 11 is 0. The molecule has 1 amide bonds. The Morgan fingerprint density at radius 3 is 1.96 bits per heavy atom. The zero-order chi connectivity index (χ0) is 32.6. The first-order chi connectivity index (χ1) is 22.2. The SMILES string of the molecule is O=C(O)CN(CCCCCNC(=O)c1cc2ccccc2c(Cc2c(O)c(C(=O)O)cc3ccccc23)c1O)Cc1ccccn1. The second-order valence-electron chi connectivity index (χ2n) is 11.2. The van der Waals surface area contributed by atoms with E-state index in [2.05, 4.69) is 10.3 Å². The van der Waals surface area contributed by atoms with Crippen LogP contribution in [0, 0.1) is 0 Å². The number of carboxylic acid groups (broad SMARTS) is 2. The van der Waals surface area contributed by atoms with Crippen LogP contribution in [0.1, 0.15) is 56.8 Å². The molecule has 1 heterocycles. The van der Waals surface area contributed by atoms with Crippen molar-refractivity contribution < 1.29 is 34.8 Å². The first-order valence-electron chi connectivity index (χ1n) is 15.1. The number of aromatic carboxylic acids is 1. The van der Waals surface area contributed by atoms with Gasteiger partial charge in [0.1, 0.15) is 17.1 Å². The molecule has 5 N–H and O–H groups in total. The van der Waals surface area contributed by atoms with Crippen molar-refractivity contribution in [3.05, 3.63) is 113 Å². The van der Waals surface area contributed by atoms with Crippen molar-refractivity contribution in [1.29, 1.82) is 0 Å². The molecule has 10 heteroatoms. The molecule has 0 aliphatic carbocycles. The molecule has 0 spiro atoms. The van der Waals surface area contributed by atoms with Crippen LogP contribution >= 0.6 is 0 Å². The Bertz CT molecular complexity index is 1890. The van der Waals surface area contributed by atoms with Crippen molar-refractivity contribution in [1.82, 2.24) is 15.2 Å². The molecule has 0 saturated heterocycles. The number of carbonyl (C=O) groups is 3. The summed E-state index contributed by atoms with van der Waals surface area (Å²) in [6, 6.07) is 23.0. The van der Waals surface area contributed by atoms with Gasteiger partial charge in [-0.1, -0.05) is 61.0 Å². The Morgan fingerprint density at radius 1 is 0.739 bits per heavy atom. The highest BCUT2D eigenvalue weighted by molar-refractivity contribution is 6.04. The highest BCUT2D eigenvalue weighted by Gasteiger charge is 2.23. The minimum Gasteiger partial charge on any atom is -0.507 e. The maximum Gasteiger partial charge on any atom is 0.339 e. The van der Waals surface area contributed by atoms with Crippen LogP contribution in [0.3, 0.4) is 0 Å². The number of nitrogens with one attached hydrogen (secondary N) is 1. The zero-order valence-corrected chi connectivity index (χ0v) is 25.1. The van der Waals surface area contributed by atoms with Crippen molar-refractivity contribution >= 4 is 39.4 Å². The number of carboxylic acids is 2. The Hall–Kier alpha value is -5.48. The average molecular weight is 622 g/mol. The van der Waals surface area contributed by atoms with Gasteiger partial charge >= 0.3 is 11.9 Å². The van der Waals surface area contributed by atoms with Crippen molar-refractivity contribution in [2.24, 2.45) is 0 Å². The number of hydrogen-bond donors (Lipinski definition) is 5. The minimum atomic E-state index is -1.27. The number of aliphatic carboxylic acids is 1. The summed E-state index contributed by atoms with van der Waals surface area (Å²) in [7, 11) is 0. The fourth-order valence-corrected chi connectivity index (χ4v) is 5.75. The molecule has 0 fully saturated rings. The normalized spacial score (nSPS) is 11.2. The van der Waals surface area contributed by atoms with E-state index in [9.17, 15) is 34.8 Å². The monoisotopic (exact) mass is 621 g/mol. The topological polar surface area (TPSA) is 160 Å². The lowest BCUT2D eigenvalue weighted by Crippen LogP contribution is -2.31. The van der Waals surface area contributed by atoms with Gasteiger partial charge in [-0.3, -0.25) is 19.5 Å². The van der Waals surface area contributed by atoms with Gasteiger partial charge in [-0.15, -0.1) is 0 Å². The van der Waals surface area contributed by atoms with Gasteiger partial charge < -0.3 is 25.7 Å². The highest BCUT2D eigenvalue weighted by Crippen LogP contribution is 2.38. The maximum absolute atomic E-state index is 13.3. The average Bonchev–Trinajstić information content (AvgIpc) is 3.04. The summed E-state index contributed by atoms with van der Waals surface area (Å²) in [6.07, 6.45) is 3.80. The number of benzene rings is 4. The smallest absolute Gasteiger partial charge is 0.339 e. The van der Waals surface area contributed by atoms with E-state index in [4.69, 9.17) is 0 Å². The maximum atomic E-state index is 13.3. The first kappa shape index (κ1) is 31.9. The lowest BCUT2D eigenvalue weighted by atomic mass is 9.90. The minimum absolute atomic E-state index is 0.00766. The second kappa shape index (κ2) is 14.5. The third-order valence-corrected chi connectivity index (χ3v) is 7.99. The molecule has 236 valence electrons. The Balaban J connectivity index is 1.29. The highest BCUT2D eigenvalue weighted by atomic mass is 16.4. The first-order valence-corrected chi connectivity index (χ1v) is 15.1. The number of carbonyl (C=O) groups excluding carboxylic acids is 1. The molecule has 10 nitrogen and oxygen atoms in total. The third-order valence-electron chi connectivity index (χ3n) is 7.99. The van der Waals surface area contributed by atoms with Crippen molar-refractivity contribution in [3.63, 3.8) is 0 Å². The van der Waals surface area contributed by atoms with Gasteiger partial charge in [0.05, 0.1) is 17.8 Å². The Morgan fingerprint density at radius 2 is 1.35 bits per heavy atom. The van der Waals surface area contributed by atoms with Crippen LogP contribution in [0.25, 0.3) is 21.5 Å². The molecule has 0 bridgehead atoms. The number of amides is 1. The van der Waals surface area contributed by atoms with Gasteiger partial charge in [-0.05, 0) is 65.2 Å². The predicted molar refractivity (Wildman–Crippen MR) is 174 cm³/mol. The molecule has 0 saturated carbocycles. The van der Waals surface area contributed by atoms with E-state index in [1.165, 1.54) is 6.07 Å². The third kappa shape index (κ3) is 7.41. The van der Waals surface area contributed by atoms with Crippen molar-refractivity contribution in [2.45, 2.75) is 32.2 Å². The fourth-order valence-electron chi connectivity index (χ4n) is 5.75. The molecule has 0 radical (unpaired) electrons. The summed E-state index contributed by atoms with van der Waals surface area (Å²) in [5.74, 6) is -3.25. The Labute approximate surface area is 265 Å². The molecular weight excluding hydrogens is 586 g/mol.